The third-order valence-corrected chi connectivity index (χ3v) is 2.17. The predicted octanol–water partition coefficient (Wildman–Crippen LogP) is 1.38. The van der Waals surface area contributed by atoms with Crippen LogP contribution in [0.3, 0.4) is 0 Å². The zero-order valence-corrected chi connectivity index (χ0v) is 9.16. The number of likely N-dealkylation sites (N-methyl/N-ethyl adjacent to an activating group) is 1. The largest absolute Gasteiger partial charge is 0.315 e. The molecule has 2 nitrogen and oxygen atoms in total. The minimum atomic E-state index is 1.07. The molecule has 0 saturated carbocycles. The lowest BCUT2D eigenvalue weighted by Gasteiger charge is -2.10. The average Bonchev–Trinajstić information content (AvgIpc) is 2.18. The van der Waals surface area contributed by atoms with E-state index in [0.717, 1.165) is 26.1 Å². The van der Waals surface area contributed by atoms with Gasteiger partial charge in [-0.05, 0) is 32.6 Å². The summed E-state index contributed by atoms with van der Waals surface area (Å²) in [5, 5.41) is 3.42. The first-order valence-electron chi connectivity index (χ1n) is 5.18. The summed E-state index contributed by atoms with van der Waals surface area (Å²) in [6, 6.07) is 10.6. The molecule has 0 unspecified atom stereocenters. The second-order valence-electron chi connectivity index (χ2n) is 3.79. The molecule has 1 aromatic carbocycles. The molecule has 0 radical (unpaired) electrons. The normalized spacial score (nSPS) is 10.8. The van der Waals surface area contributed by atoms with Gasteiger partial charge in [0, 0.05) is 13.1 Å². The van der Waals surface area contributed by atoms with E-state index < -0.39 is 0 Å². The van der Waals surface area contributed by atoms with Crippen molar-refractivity contribution in [2.45, 2.75) is 6.42 Å². The summed E-state index contributed by atoms with van der Waals surface area (Å²) in [6.45, 7) is 3.24. The van der Waals surface area contributed by atoms with Gasteiger partial charge in [0.2, 0.25) is 0 Å². The highest BCUT2D eigenvalue weighted by atomic mass is 15.1. The van der Waals surface area contributed by atoms with Crippen molar-refractivity contribution in [2.75, 3.05) is 33.7 Å². The molecule has 14 heavy (non-hydrogen) atoms. The third kappa shape index (κ3) is 5.00. The summed E-state index contributed by atoms with van der Waals surface area (Å²) < 4.78 is 0. The second-order valence-corrected chi connectivity index (χ2v) is 3.79. The van der Waals surface area contributed by atoms with Gasteiger partial charge in [-0.1, -0.05) is 30.3 Å². The molecule has 0 bridgehead atoms. The Kier molecular flexibility index (Phi) is 5.27. The van der Waals surface area contributed by atoms with Gasteiger partial charge in [0.1, 0.15) is 0 Å². The van der Waals surface area contributed by atoms with E-state index in [2.05, 4.69) is 54.6 Å². The molecule has 1 aromatic rings. The number of nitrogens with one attached hydrogen (secondary N) is 1. The van der Waals surface area contributed by atoms with Crippen molar-refractivity contribution in [1.82, 2.24) is 10.2 Å². The maximum Gasteiger partial charge on any atom is 0.0101 e. The lowest BCUT2D eigenvalue weighted by Crippen LogP contribution is -2.27. The average molecular weight is 192 g/mol. The summed E-state index contributed by atoms with van der Waals surface area (Å²) in [5.41, 5.74) is 1.41. The molecule has 2 heteroatoms. The molecule has 0 aliphatic rings. The summed E-state index contributed by atoms with van der Waals surface area (Å²) in [6.07, 6.45) is 1.12. The van der Waals surface area contributed by atoms with Gasteiger partial charge in [0.25, 0.3) is 0 Å². The lowest BCUT2D eigenvalue weighted by molar-refractivity contribution is 0.401. The third-order valence-electron chi connectivity index (χ3n) is 2.17. The monoisotopic (exact) mass is 192 g/mol. The van der Waals surface area contributed by atoms with Gasteiger partial charge in [0.15, 0.2) is 0 Å². The Morgan fingerprint density at radius 2 is 1.79 bits per heavy atom. The molecule has 0 atom stereocenters. The van der Waals surface area contributed by atoms with Gasteiger partial charge in [-0.2, -0.15) is 0 Å². The molecule has 0 heterocycles. The second kappa shape index (κ2) is 6.57. The van der Waals surface area contributed by atoms with Gasteiger partial charge >= 0.3 is 0 Å². The van der Waals surface area contributed by atoms with Crippen LogP contribution in [-0.4, -0.2) is 38.6 Å². The first-order chi connectivity index (χ1) is 6.79. The van der Waals surface area contributed by atoms with Crippen LogP contribution in [0.15, 0.2) is 30.3 Å². The van der Waals surface area contributed by atoms with E-state index in [9.17, 15) is 0 Å². The molecule has 0 aromatic heterocycles. The van der Waals surface area contributed by atoms with Crippen LogP contribution >= 0.6 is 0 Å². The minimum absolute atomic E-state index is 1.07. The molecule has 0 fully saturated rings. The van der Waals surface area contributed by atoms with Crippen LogP contribution in [-0.2, 0) is 6.42 Å². The van der Waals surface area contributed by atoms with Crippen LogP contribution in [0.2, 0.25) is 0 Å². The Bertz CT molecular complexity index is 231. The van der Waals surface area contributed by atoms with Gasteiger partial charge in [0.05, 0.1) is 0 Å². The van der Waals surface area contributed by atoms with Crippen LogP contribution in [0.25, 0.3) is 0 Å². The molecule has 1 rings (SSSR count). The molecular formula is C12H20N2. The predicted molar refractivity (Wildman–Crippen MR) is 61.6 cm³/mol. The molecule has 1 N–H and O–H groups in total. The van der Waals surface area contributed by atoms with Crippen LogP contribution in [0.5, 0.6) is 0 Å². The maximum absolute atomic E-state index is 3.42. The highest BCUT2D eigenvalue weighted by Gasteiger charge is 1.92. The molecule has 0 saturated heterocycles. The zero-order valence-electron chi connectivity index (χ0n) is 9.16. The zero-order chi connectivity index (χ0) is 10.2. The quantitative estimate of drug-likeness (QED) is 0.685. The Morgan fingerprint density at radius 3 is 2.43 bits per heavy atom. The summed E-state index contributed by atoms with van der Waals surface area (Å²) in [5.74, 6) is 0. The van der Waals surface area contributed by atoms with Crippen LogP contribution < -0.4 is 5.32 Å². The Balaban J connectivity index is 2.05. The van der Waals surface area contributed by atoms with E-state index in [0.29, 0.717) is 0 Å². The number of hydrogen-bond acceptors (Lipinski definition) is 2. The van der Waals surface area contributed by atoms with Gasteiger partial charge in [-0.15, -0.1) is 0 Å². The van der Waals surface area contributed by atoms with Crippen molar-refractivity contribution in [1.29, 1.82) is 0 Å². The van der Waals surface area contributed by atoms with E-state index in [1.165, 1.54) is 5.56 Å². The molecule has 0 aliphatic carbocycles. The number of rotatable bonds is 6. The highest BCUT2D eigenvalue weighted by molar-refractivity contribution is 5.14. The van der Waals surface area contributed by atoms with E-state index >= 15 is 0 Å². The Hall–Kier alpha value is -0.860. The van der Waals surface area contributed by atoms with Crippen molar-refractivity contribution >= 4 is 0 Å². The van der Waals surface area contributed by atoms with Crippen LogP contribution in [0.4, 0.5) is 0 Å². The first-order valence-corrected chi connectivity index (χ1v) is 5.18. The van der Waals surface area contributed by atoms with Crippen LogP contribution in [0, 0.1) is 0 Å². The van der Waals surface area contributed by atoms with E-state index in [1.54, 1.807) is 0 Å². The fourth-order valence-electron chi connectivity index (χ4n) is 1.31. The first kappa shape index (κ1) is 11.2. The number of benzene rings is 1. The molecular weight excluding hydrogens is 172 g/mol. The van der Waals surface area contributed by atoms with E-state index in [1.807, 2.05) is 0 Å². The smallest absolute Gasteiger partial charge is 0.0101 e. The minimum Gasteiger partial charge on any atom is -0.315 e. The molecule has 0 amide bonds. The molecule has 0 spiro atoms. The molecule has 78 valence electrons. The lowest BCUT2D eigenvalue weighted by atomic mass is 10.1. The summed E-state index contributed by atoms with van der Waals surface area (Å²) in [7, 11) is 4.19. The summed E-state index contributed by atoms with van der Waals surface area (Å²) >= 11 is 0. The van der Waals surface area contributed by atoms with E-state index in [-0.39, 0.29) is 0 Å². The Labute approximate surface area is 86.9 Å². The highest BCUT2D eigenvalue weighted by Crippen LogP contribution is 1.97. The van der Waals surface area contributed by atoms with Gasteiger partial charge in [-0.3, -0.25) is 0 Å². The SMILES string of the molecule is CN(C)CCNCCc1ccccc1. The number of nitrogens with zero attached hydrogens (tertiary/aromatic N) is 1. The van der Waals surface area contributed by atoms with E-state index in [4.69, 9.17) is 0 Å². The molecule has 0 aliphatic heterocycles. The maximum atomic E-state index is 3.42. The topological polar surface area (TPSA) is 15.3 Å². The van der Waals surface area contributed by atoms with Crippen molar-refractivity contribution in [3.63, 3.8) is 0 Å². The fraction of sp³-hybridized carbons (Fsp3) is 0.500. The van der Waals surface area contributed by atoms with Gasteiger partial charge < -0.3 is 10.2 Å². The number of hydrogen-bond donors (Lipinski definition) is 1. The van der Waals surface area contributed by atoms with Gasteiger partial charge in [-0.25, -0.2) is 0 Å². The van der Waals surface area contributed by atoms with Crippen LogP contribution in [0.1, 0.15) is 5.56 Å². The van der Waals surface area contributed by atoms with Crippen molar-refractivity contribution in [3.05, 3.63) is 35.9 Å². The van der Waals surface area contributed by atoms with Crippen molar-refractivity contribution < 1.29 is 0 Å². The van der Waals surface area contributed by atoms with Crippen molar-refractivity contribution in [2.24, 2.45) is 0 Å². The standard InChI is InChI=1S/C12H20N2/c1-14(2)11-10-13-9-8-12-6-4-3-5-7-12/h3-7,13H,8-11H2,1-2H3. The fourth-order valence-corrected chi connectivity index (χ4v) is 1.31. The van der Waals surface area contributed by atoms with Crippen molar-refractivity contribution in [3.8, 4) is 0 Å². The Morgan fingerprint density at radius 1 is 1.07 bits per heavy atom. The summed E-state index contributed by atoms with van der Waals surface area (Å²) in [4.78, 5) is 2.19.